The molecule has 2 aliphatic rings. The molecular formula is C45H56F3N3O4SSi. The highest BCUT2D eigenvalue weighted by Gasteiger charge is 2.41. The third-order valence-electron chi connectivity index (χ3n) is 11.0. The van der Waals surface area contributed by atoms with E-state index >= 15 is 0 Å². The molecule has 0 N–H and O–H groups in total. The molecule has 0 spiro atoms. The van der Waals surface area contributed by atoms with E-state index in [1.807, 2.05) is 36.4 Å². The minimum absolute atomic E-state index is 0.0128. The third kappa shape index (κ3) is 11.0. The fourth-order valence-electron chi connectivity index (χ4n) is 8.07. The van der Waals surface area contributed by atoms with E-state index in [9.17, 15) is 18.0 Å². The van der Waals surface area contributed by atoms with Gasteiger partial charge in [0.05, 0.1) is 37.0 Å². The fraction of sp³-hybridized carbons (Fsp3) is 0.444. The Morgan fingerprint density at radius 3 is 2.12 bits per heavy atom. The second kappa shape index (κ2) is 19.1. The first-order valence-electron chi connectivity index (χ1n) is 19.7. The van der Waals surface area contributed by atoms with E-state index in [4.69, 9.17) is 13.9 Å². The van der Waals surface area contributed by atoms with E-state index in [2.05, 4.69) is 80.0 Å². The lowest BCUT2D eigenvalue weighted by atomic mass is 9.82. The van der Waals surface area contributed by atoms with Gasteiger partial charge in [-0.2, -0.15) is 13.2 Å². The zero-order valence-electron chi connectivity index (χ0n) is 33.9. The molecule has 2 heterocycles. The van der Waals surface area contributed by atoms with Crippen LogP contribution in [0.1, 0.15) is 59.5 Å². The van der Waals surface area contributed by atoms with Crippen LogP contribution in [0.5, 0.6) is 0 Å². The van der Waals surface area contributed by atoms with Crippen LogP contribution < -0.4 is 10.4 Å². The van der Waals surface area contributed by atoms with Crippen molar-refractivity contribution < 1.29 is 31.9 Å². The van der Waals surface area contributed by atoms with E-state index in [-0.39, 0.29) is 17.1 Å². The number of benzene rings is 4. The molecule has 4 aromatic carbocycles. The Balaban J connectivity index is 1.45. The number of nitrogens with zero attached hydrogens (tertiary/aromatic N) is 3. The van der Waals surface area contributed by atoms with Crippen LogP contribution in [-0.2, 0) is 25.5 Å². The topological polar surface area (TPSA) is 54.5 Å². The van der Waals surface area contributed by atoms with Gasteiger partial charge in [-0.15, -0.1) is 11.8 Å². The molecule has 0 radical (unpaired) electrons. The first-order chi connectivity index (χ1) is 27.2. The maximum absolute atomic E-state index is 14.9. The molecule has 306 valence electrons. The SMILES string of the molecule is COC[C@@H]1CN(CCN2CCN(C(=O)c3cc(SC)cc(C(F)(F)F)c3)[C@@H](C(O[SiH](c3ccccc3)c3ccccc3)c3ccc(C)c(C(C)(C)C)c3)C2)CCO1. The maximum atomic E-state index is 14.9. The normalized spacial score (nSPS) is 19.2. The Labute approximate surface area is 342 Å². The van der Waals surface area contributed by atoms with Crippen molar-refractivity contribution in [3.05, 3.63) is 125 Å². The highest BCUT2D eigenvalue weighted by Crippen LogP contribution is 2.36. The van der Waals surface area contributed by atoms with E-state index in [0.29, 0.717) is 37.7 Å². The second-order valence-corrected chi connectivity index (χ2v) is 19.4. The van der Waals surface area contributed by atoms with Gasteiger partial charge in [0.2, 0.25) is 9.04 Å². The van der Waals surface area contributed by atoms with Crippen molar-refractivity contribution >= 4 is 37.1 Å². The largest absolute Gasteiger partial charge is 0.416 e. The van der Waals surface area contributed by atoms with E-state index in [1.165, 1.54) is 17.3 Å². The van der Waals surface area contributed by atoms with E-state index < -0.39 is 38.8 Å². The second-order valence-electron chi connectivity index (χ2n) is 16.1. The van der Waals surface area contributed by atoms with Crippen molar-refractivity contribution in [2.24, 2.45) is 0 Å². The minimum Gasteiger partial charge on any atom is -0.402 e. The van der Waals surface area contributed by atoms with Crippen LogP contribution in [0.4, 0.5) is 13.2 Å². The Hall–Kier alpha value is -3.49. The van der Waals surface area contributed by atoms with Gasteiger partial charge in [-0.1, -0.05) is 99.6 Å². The van der Waals surface area contributed by atoms with Crippen LogP contribution in [0.25, 0.3) is 0 Å². The number of methoxy groups -OCH3 is 1. The van der Waals surface area contributed by atoms with Crippen molar-refractivity contribution in [3.63, 3.8) is 0 Å². The zero-order valence-corrected chi connectivity index (χ0v) is 35.9. The van der Waals surface area contributed by atoms with Gasteiger partial charge in [-0.3, -0.25) is 14.6 Å². The van der Waals surface area contributed by atoms with Crippen molar-refractivity contribution in [1.29, 1.82) is 0 Å². The van der Waals surface area contributed by atoms with E-state index in [1.54, 1.807) is 24.3 Å². The molecule has 6 rings (SSSR count). The molecule has 3 atom stereocenters. The number of morpholine rings is 1. The average Bonchev–Trinajstić information content (AvgIpc) is 3.20. The van der Waals surface area contributed by atoms with Crippen LogP contribution in [0, 0.1) is 6.92 Å². The van der Waals surface area contributed by atoms with Crippen molar-refractivity contribution in [2.75, 3.05) is 72.4 Å². The fourth-order valence-corrected chi connectivity index (χ4v) is 11.0. The molecule has 1 amide bonds. The first-order valence-corrected chi connectivity index (χ1v) is 22.6. The molecule has 4 aromatic rings. The van der Waals surface area contributed by atoms with Crippen molar-refractivity contribution in [3.8, 4) is 0 Å². The lowest BCUT2D eigenvalue weighted by Gasteiger charge is -2.46. The van der Waals surface area contributed by atoms with Crippen LogP contribution in [-0.4, -0.2) is 114 Å². The minimum atomic E-state index is -4.60. The number of amides is 1. The summed E-state index contributed by atoms with van der Waals surface area (Å²) in [4.78, 5) is 21.8. The summed E-state index contributed by atoms with van der Waals surface area (Å²) in [5.41, 5.74) is 2.32. The highest BCUT2D eigenvalue weighted by atomic mass is 32.2. The van der Waals surface area contributed by atoms with Crippen molar-refractivity contribution in [1.82, 2.24) is 14.7 Å². The number of alkyl halides is 3. The van der Waals surface area contributed by atoms with Gasteiger partial charge >= 0.3 is 6.18 Å². The number of hydrogen-bond acceptors (Lipinski definition) is 7. The molecule has 2 fully saturated rings. The summed E-state index contributed by atoms with van der Waals surface area (Å²) < 4.78 is 61.5. The van der Waals surface area contributed by atoms with Crippen molar-refractivity contribution in [2.45, 2.75) is 62.4 Å². The molecular weight excluding hydrogens is 764 g/mol. The van der Waals surface area contributed by atoms with Crippen LogP contribution >= 0.6 is 11.8 Å². The van der Waals surface area contributed by atoms with Gasteiger partial charge in [0.25, 0.3) is 5.91 Å². The quantitative estimate of drug-likeness (QED) is 0.109. The standard InChI is InChI=1S/C45H56F3N3O4SSi/c1-32-17-18-33(27-40(32)44(2,3)4)42(55-57(38-13-9-7-10-14-38)39-15-11-8-12-16-39)41-30-49(19-20-50-23-24-54-36(29-50)31-53-5)21-22-51(41)43(52)34-25-35(45(46,47)48)28-37(26-34)56-6/h7-18,25-28,36,41-42,57H,19-24,29-31H2,1-6H3/t36-,41+,42?/m0/s1. The number of hydrogen-bond donors (Lipinski definition) is 0. The molecule has 12 heteroatoms. The summed E-state index contributed by atoms with van der Waals surface area (Å²) in [7, 11) is -0.727. The van der Waals surface area contributed by atoms with Crippen LogP contribution in [0.3, 0.4) is 0 Å². The van der Waals surface area contributed by atoms with Gasteiger partial charge < -0.3 is 18.8 Å². The Morgan fingerprint density at radius 1 is 0.877 bits per heavy atom. The number of thioether (sulfide) groups is 1. The molecule has 0 aliphatic carbocycles. The number of carbonyl (C=O) groups excluding carboxylic acids is 1. The summed E-state index contributed by atoms with van der Waals surface area (Å²) in [5.74, 6) is -0.425. The van der Waals surface area contributed by atoms with Crippen LogP contribution in [0.15, 0.2) is 102 Å². The molecule has 7 nitrogen and oxygen atoms in total. The summed E-state index contributed by atoms with van der Waals surface area (Å²) in [6.45, 7) is 14.4. The van der Waals surface area contributed by atoms with Gasteiger partial charge in [0, 0.05) is 63.4 Å². The number of piperazine rings is 1. The Bertz CT molecular complexity index is 1890. The smallest absolute Gasteiger partial charge is 0.402 e. The number of halogens is 3. The average molecular weight is 820 g/mol. The highest BCUT2D eigenvalue weighted by molar-refractivity contribution is 7.98. The molecule has 1 unspecified atom stereocenters. The maximum Gasteiger partial charge on any atom is 0.416 e. The molecule has 0 aromatic heterocycles. The Kier molecular flexibility index (Phi) is 14.4. The van der Waals surface area contributed by atoms with E-state index in [0.717, 1.165) is 59.8 Å². The molecule has 2 aliphatic heterocycles. The lowest BCUT2D eigenvalue weighted by molar-refractivity contribution is -0.137. The predicted octanol–water partition coefficient (Wildman–Crippen LogP) is 6.80. The van der Waals surface area contributed by atoms with Gasteiger partial charge in [0.15, 0.2) is 0 Å². The number of aryl methyl sites for hydroxylation is 1. The molecule has 57 heavy (non-hydrogen) atoms. The van der Waals surface area contributed by atoms with Gasteiger partial charge in [-0.25, -0.2) is 0 Å². The van der Waals surface area contributed by atoms with Gasteiger partial charge in [0.1, 0.15) is 0 Å². The number of ether oxygens (including phenoxy) is 2. The summed E-state index contributed by atoms with van der Waals surface area (Å²) >= 11 is 1.19. The molecule has 2 saturated heterocycles. The zero-order chi connectivity index (χ0) is 40.7. The predicted molar refractivity (Wildman–Crippen MR) is 226 cm³/mol. The summed E-state index contributed by atoms with van der Waals surface area (Å²) in [6.07, 6.45) is -3.44. The molecule has 0 saturated carbocycles. The molecule has 0 bridgehead atoms. The Morgan fingerprint density at radius 2 is 1.53 bits per heavy atom. The monoisotopic (exact) mass is 819 g/mol. The first kappa shape index (κ1) is 43.1. The van der Waals surface area contributed by atoms with Crippen LogP contribution in [0.2, 0.25) is 0 Å². The lowest BCUT2D eigenvalue weighted by Crippen LogP contribution is -2.60. The number of rotatable bonds is 13. The number of carbonyl (C=O) groups is 1. The van der Waals surface area contributed by atoms with Gasteiger partial charge in [-0.05, 0) is 63.9 Å². The third-order valence-corrected chi connectivity index (χ3v) is 14.3. The summed E-state index contributed by atoms with van der Waals surface area (Å²) in [5, 5.41) is 2.20. The summed E-state index contributed by atoms with van der Waals surface area (Å²) in [6, 6.07) is 30.2.